The van der Waals surface area contributed by atoms with E-state index in [1.165, 1.54) is 0 Å². The van der Waals surface area contributed by atoms with Crippen LogP contribution in [0.5, 0.6) is 0 Å². The second-order valence-corrected chi connectivity index (χ2v) is 6.24. The fourth-order valence-corrected chi connectivity index (χ4v) is 3.25. The molecule has 1 aliphatic heterocycles. The molecule has 25 heavy (non-hydrogen) atoms. The summed E-state index contributed by atoms with van der Waals surface area (Å²) in [7, 11) is 1.66. The van der Waals surface area contributed by atoms with Gasteiger partial charge in [0, 0.05) is 31.5 Å². The van der Waals surface area contributed by atoms with Gasteiger partial charge in [0.2, 0.25) is 0 Å². The lowest BCUT2D eigenvalue weighted by Gasteiger charge is -2.32. The number of amides is 1. The van der Waals surface area contributed by atoms with Crippen LogP contribution in [0.2, 0.25) is 0 Å². The van der Waals surface area contributed by atoms with Crippen LogP contribution < -0.4 is 11.2 Å². The number of aryl methyl sites for hydroxylation is 1. The number of ether oxygens (including phenoxy) is 1. The van der Waals surface area contributed by atoms with E-state index in [1.54, 1.807) is 43.2 Å². The predicted octanol–water partition coefficient (Wildman–Crippen LogP) is 1.29. The van der Waals surface area contributed by atoms with E-state index in [0.717, 1.165) is 12.8 Å². The van der Waals surface area contributed by atoms with Crippen molar-refractivity contribution in [2.24, 2.45) is 0 Å². The highest BCUT2D eigenvalue weighted by Gasteiger charge is 2.24. The van der Waals surface area contributed by atoms with E-state index in [0.29, 0.717) is 35.5 Å². The Morgan fingerprint density at radius 3 is 2.80 bits per heavy atom. The second-order valence-electron chi connectivity index (χ2n) is 6.24. The van der Waals surface area contributed by atoms with Gasteiger partial charge >= 0.3 is 5.69 Å². The first-order chi connectivity index (χ1) is 12.0. The standard InChI is InChI=1S/C18H21N3O4/c1-11-15(16(22)20-18(24)19-11)12-5-3-6-13(9-12)17(23)21-8-4-7-14(10-21)25-2/h3,5-6,9,14H,4,7-8,10H2,1-2H3,(H2,19,20,22,24)/t14-/m1/s1. The van der Waals surface area contributed by atoms with Crippen molar-refractivity contribution in [2.45, 2.75) is 25.9 Å². The third-order valence-corrected chi connectivity index (χ3v) is 4.53. The molecule has 1 fully saturated rings. The van der Waals surface area contributed by atoms with Crippen molar-refractivity contribution in [2.75, 3.05) is 20.2 Å². The van der Waals surface area contributed by atoms with Crippen LogP contribution >= 0.6 is 0 Å². The number of likely N-dealkylation sites (tertiary alicyclic amines) is 1. The van der Waals surface area contributed by atoms with Crippen molar-refractivity contribution < 1.29 is 9.53 Å². The van der Waals surface area contributed by atoms with Crippen LogP contribution in [0, 0.1) is 6.92 Å². The molecular formula is C18H21N3O4. The lowest BCUT2D eigenvalue weighted by Crippen LogP contribution is -2.42. The second kappa shape index (κ2) is 7.06. The van der Waals surface area contributed by atoms with Crippen molar-refractivity contribution in [1.82, 2.24) is 14.9 Å². The molecule has 0 bridgehead atoms. The maximum absolute atomic E-state index is 12.8. The van der Waals surface area contributed by atoms with Crippen LogP contribution in [-0.2, 0) is 4.74 Å². The van der Waals surface area contributed by atoms with Crippen molar-refractivity contribution in [3.05, 3.63) is 56.4 Å². The van der Waals surface area contributed by atoms with Crippen LogP contribution in [0.25, 0.3) is 11.1 Å². The van der Waals surface area contributed by atoms with Crippen LogP contribution in [0.4, 0.5) is 0 Å². The lowest BCUT2D eigenvalue weighted by molar-refractivity contribution is 0.0269. The van der Waals surface area contributed by atoms with E-state index in [1.807, 2.05) is 0 Å². The van der Waals surface area contributed by atoms with Crippen LogP contribution in [0.3, 0.4) is 0 Å². The topological polar surface area (TPSA) is 95.3 Å². The Bertz CT molecular complexity index is 900. The minimum Gasteiger partial charge on any atom is -0.380 e. The maximum Gasteiger partial charge on any atom is 0.325 e. The number of hydrogen-bond acceptors (Lipinski definition) is 4. The Labute approximate surface area is 144 Å². The van der Waals surface area contributed by atoms with Gasteiger partial charge in [-0.05, 0) is 37.5 Å². The summed E-state index contributed by atoms with van der Waals surface area (Å²) in [5.74, 6) is -0.0814. The molecule has 1 amide bonds. The number of nitrogens with zero attached hydrogens (tertiary/aromatic N) is 1. The largest absolute Gasteiger partial charge is 0.380 e. The molecule has 1 atom stereocenters. The smallest absolute Gasteiger partial charge is 0.325 e. The number of carbonyl (C=O) groups excluding carboxylic acids is 1. The molecule has 1 aliphatic rings. The highest BCUT2D eigenvalue weighted by Crippen LogP contribution is 2.21. The summed E-state index contributed by atoms with van der Waals surface area (Å²) < 4.78 is 5.37. The van der Waals surface area contributed by atoms with Crippen molar-refractivity contribution >= 4 is 5.91 Å². The fourth-order valence-electron chi connectivity index (χ4n) is 3.25. The molecule has 1 saturated heterocycles. The Kier molecular flexibility index (Phi) is 4.85. The molecular weight excluding hydrogens is 322 g/mol. The van der Waals surface area contributed by atoms with Crippen LogP contribution in [0.15, 0.2) is 33.9 Å². The zero-order chi connectivity index (χ0) is 18.0. The molecule has 1 aromatic heterocycles. The number of hydrogen-bond donors (Lipinski definition) is 2. The molecule has 2 heterocycles. The van der Waals surface area contributed by atoms with Gasteiger partial charge in [0.05, 0.1) is 11.7 Å². The Morgan fingerprint density at radius 2 is 2.08 bits per heavy atom. The van der Waals surface area contributed by atoms with E-state index < -0.39 is 11.2 Å². The van der Waals surface area contributed by atoms with Crippen molar-refractivity contribution in [3.63, 3.8) is 0 Å². The zero-order valence-corrected chi connectivity index (χ0v) is 14.3. The molecule has 0 saturated carbocycles. The number of H-pyrrole nitrogens is 2. The molecule has 7 heteroatoms. The van der Waals surface area contributed by atoms with Gasteiger partial charge in [-0.3, -0.25) is 14.6 Å². The maximum atomic E-state index is 12.8. The molecule has 132 valence electrons. The van der Waals surface area contributed by atoms with E-state index in [2.05, 4.69) is 9.97 Å². The quantitative estimate of drug-likeness (QED) is 0.878. The minimum absolute atomic E-state index is 0.0603. The van der Waals surface area contributed by atoms with E-state index in [4.69, 9.17) is 4.74 Å². The number of methoxy groups -OCH3 is 1. The lowest BCUT2D eigenvalue weighted by atomic mass is 10.0. The van der Waals surface area contributed by atoms with Crippen LogP contribution in [-0.4, -0.2) is 47.1 Å². The zero-order valence-electron chi connectivity index (χ0n) is 14.3. The van der Waals surface area contributed by atoms with Crippen LogP contribution in [0.1, 0.15) is 28.9 Å². The summed E-state index contributed by atoms with van der Waals surface area (Å²) in [6.45, 7) is 2.92. The molecule has 0 aliphatic carbocycles. The average Bonchev–Trinajstić information content (AvgIpc) is 2.60. The van der Waals surface area contributed by atoms with Gasteiger partial charge in [0.1, 0.15) is 0 Å². The Hall–Kier alpha value is -2.67. The van der Waals surface area contributed by atoms with Gasteiger partial charge < -0.3 is 14.6 Å². The predicted molar refractivity (Wildman–Crippen MR) is 93.8 cm³/mol. The average molecular weight is 343 g/mol. The molecule has 0 radical (unpaired) electrons. The van der Waals surface area contributed by atoms with Gasteiger partial charge in [-0.15, -0.1) is 0 Å². The summed E-state index contributed by atoms with van der Waals surface area (Å²) in [5.41, 5.74) is 0.930. The van der Waals surface area contributed by atoms with Gasteiger partial charge in [0.15, 0.2) is 0 Å². The summed E-state index contributed by atoms with van der Waals surface area (Å²) in [5, 5.41) is 0. The van der Waals surface area contributed by atoms with Gasteiger partial charge in [-0.25, -0.2) is 4.79 Å². The molecule has 1 aromatic carbocycles. The van der Waals surface area contributed by atoms with E-state index >= 15 is 0 Å². The first-order valence-corrected chi connectivity index (χ1v) is 8.25. The van der Waals surface area contributed by atoms with Gasteiger partial charge in [0.25, 0.3) is 11.5 Å². The van der Waals surface area contributed by atoms with E-state index in [-0.39, 0.29) is 12.0 Å². The molecule has 2 aromatic rings. The molecule has 0 unspecified atom stereocenters. The number of carbonyl (C=O) groups is 1. The monoisotopic (exact) mass is 343 g/mol. The molecule has 3 rings (SSSR count). The highest BCUT2D eigenvalue weighted by atomic mass is 16.5. The number of nitrogens with one attached hydrogen (secondary N) is 2. The van der Waals surface area contributed by atoms with Crippen molar-refractivity contribution in [3.8, 4) is 11.1 Å². The summed E-state index contributed by atoms with van der Waals surface area (Å²) in [6, 6.07) is 6.91. The number of benzene rings is 1. The molecule has 7 nitrogen and oxygen atoms in total. The SMILES string of the molecule is CO[C@@H]1CCCN(C(=O)c2cccc(-c3c(C)[nH]c(=O)[nH]c3=O)c2)C1. The Morgan fingerprint density at radius 1 is 1.28 bits per heavy atom. The molecule has 0 spiro atoms. The van der Waals surface area contributed by atoms with Crippen molar-refractivity contribution in [1.29, 1.82) is 0 Å². The third kappa shape index (κ3) is 3.56. The fraction of sp³-hybridized carbons (Fsp3) is 0.389. The minimum atomic E-state index is -0.544. The molecule has 2 N–H and O–H groups in total. The number of aromatic amines is 2. The summed E-state index contributed by atoms with van der Waals surface area (Å²) in [6.07, 6.45) is 1.92. The first-order valence-electron chi connectivity index (χ1n) is 8.25. The number of aromatic nitrogens is 2. The number of rotatable bonds is 3. The van der Waals surface area contributed by atoms with Gasteiger partial charge in [-0.1, -0.05) is 12.1 Å². The normalized spacial score (nSPS) is 17.5. The Balaban J connectivity index is 1.93. The number of piperidine rings is 1. The van der Waals surface area contributed by atoms with Gasteiger partial charge in [-0.2, -0.15) is 0 Å². The first kappa shape index (κ1) is 17.2. The summed E-state index contributed by atoms with van der Waals surface area (Å²) >= 11 is 0. The van der Waals surface area contributed by atoms with E-state index in [9.17, 15) is 14.4 Å². The third-order valence-electron chi connectivity index (χ3n) is 4.53. The summed E-state index contributed by atoms with van der Waals surface area (Å²) in [4.78, 5) is 42.9. The highest BCUT2D eigenvalue weighted by molar-refractivity contribution is 5.95.